The Labute approximate surface area is 113 Å². The minimum atomic E-state index is -4.36. The minimum Gasteiger partial charge on any atom is -0.384 e. The van der Waals surface area contributed by atoms with E-state index >= 15 is 0 Å². The summed E-state index contributed by atoms with van der Waals surface area (Å²) >= 11 is 0. The second-order valence-electron chi connectivity index (χ2n) is 4.63. The molecule has 0 saturated carbocycles. The number of benzene rings is 1. The minimum absolute atomic E-state index is 0.00527. The Kier molecular flexibility index (Phi) is 3.69. The predicted octanol–water partition coefficient (Wildman–Crippen LogP) is 2.71. The fraction of sp³-hybridized carbons (Fsp3) is 0.267. The summed E-state index contributed by atoms with van der Waals surface area (Å²) in [6.45, 7) is 0. The summed E-state index contributed by atoms with van der Waals surface area (Å²) in [5, 5.41) is 9.93. The van der Waals surface area contributed by atoms with E-state index in [2.05, 4.69) is 11.8 Å². The van der Waals surface area contributed by atoms with E-state index in [0.717, 1.165) is 12.1 Å². The van der Waals surface area contributed by atoms with Crippen LogP contribution in [0, 0.1) is 11.8 Å². The SMILES string of the molecule is O=C1C=CC(O)(CC#Cc2ccc(C(F)(F)F)cc2)C1. The lowest BCUT2D eigenvalue weighted by Gasteiger charge is -2.15. The third-order valence-electron chi connectivity index (χ3n) is 2.90. The van der Waals surface area contributed by atoms with Crippen LogP contribution in [0.3, 0.4) is 0 Å². The van der Waals surface area contributed by atoms with Gasteiger partial charge in [0, 0.05) is 18.4 Å². The van der Waals surface area contributed by atoms with Crippen molar-refractivity contribution in [3.63, 3.8) is 0 Å². The highest BCUT2D eigenvalue weighted by Crippen LogP contribution is 2.29. The van der Waals surface area contributed by atoms with Crippen molar-refractivity contribution < 1.29 is 23.1 Å². The molecule has 1 atom stereocenters. The van der Waals surface area contributed by atoms with E-state index in [1.807, 2.05) is 0 Å². The van der Waals surface area contributed by atoms with Crippen molar-refractivity contribution in [3.8, 4) is 11.8 Å². The van der Waals surface area contributed by atoms with Gasteiger partial charge in [-0.05, 0) is 36.4 Å². The van der Waals surface area contributed by atoms with Gasteiger partial charge in [-0.3, -0.25) is 4.79 Å². The Morgan fingerprint density at radius 1 is 1.25 bits per heavy atom. The number of aliphatic hydroxyl groups is 1. The van der Waals surface area contributed by atoms with E-state index in [1.165, 1.54) is 24.3 Å². The summed E-state index contributed by atoms with van der Waals surface area (Å²) in [5.41, 5.74) is -1.56. The molecule has 0 saturated heterocycles. The Morgan fingerprint density at radius 3 is 2.40 bits per heavy atom. The first-order chi connectivity index (χ1) is 9.28. The molecule has 0 radical (unpaired) electrons. The monoisotopic (exact) mass is 280 g/mol. The Hall–Kier alpha value is -2.06. The highest BCUT2D eigenvalue weighted by Gasteiger charge is 2.30. The van der Waals surface area contributed by atoms with Gasteiger partial charge in [-0.15, -0.1) is 0 Å². The van der Waals surface area contributed by atoms with Gasteiger partial charge in [0.2, 0.25) is 0 Å². The van der Waals surface area contributed by atoms with Gasteiger partial charge in [0.05, 0.1) is 5.56 Å². The highest BCUT2D eigenvalue weighted by atomic mass is 19.4. The molecule has 1 N–H and O–H groups in total. The quantitative estimate of drug-likeness (QED) is 0.803. The van der Waals surface area contributed by atoms with E-state index in [-0.39, 0.29) is 18.6 Å². The van der Waals surface area contributed by atoms with Crippen LogP contribution in [-0.4, -0.2) is 16.5 Å². The lowest BCUT2D eigenvalue weighted by atomic mass is 9.99. The maximum Gasteiger partial charge on any atom is 0.416 e. The summed E-state index contributed by atoms with van der Waals surface area (Å²) in [7, 11) is 0. The summed E-state index contributed by atoms with van der Waals surface area (Å²) in [5.74, 6) is 5.18. The molecular weight excluding hydrogens is 269 g/mol. The molecule has 0 aromatic heterocycles. The van der Waals surface area contributed by atoms with Crippen molar-refractivity contribution in [3.05, 3.63) is 47.5 Å². The van der Waals surface area contributed by atoms with Gasteiger partial charge >= 0.3 is 6.18 Å². The van der Waals surface area contributed by atoms with Crippen LogP contribution in [-0.2, 0) is 11.0 Å². The topological polar surface area (TPSA) is 37.3 Å². The molecule has 1 aromatic carbocycles. The summed E-state index contributed by atoms with van der Waals surface area (Å²) < 4.78 is 37.1. The normalized spacial score (nSPS) is 21.7. The van der Waals surface area contributed by atoms with Gasteiger partial charge in [0.1, 0.15) is 5.60 Å². The zero-order valence-corrected chi connectivity index (χ0v) is 10.4. The van der Waals surface area contributed by atoms with Crippen molar-refractivity contribution in [2.75, 3.05) is 0 Å². The molecule has 0 amide bonds. The van der Waals surface area contributed by atoms with Crippen LogP contribution in [0.1, 0.15) is 24.0 Å². The van der Waals surface area contributed by atoms with Crippen LogP contribution in [0.25, 0.3) is 0 Å². The average molecular weight is 280 g/mol. The first-order valence-corrected chi connectivity index (χ1v) is 5.89. The Bertz CT molecular complexity index is 603. The van der Waals surface area contributed by atoms with E-state index < -0.39 is 17.3 Å². The van der Waals surface area contributed by atoms with Gasteiger partial charge < -0.3 is 5.11 Å². The molecule has 0 heterocycles. The summed E-state index contributed by atoms with van der Waals surface area (Å²) in [6.07, 6.45) is -1.60. The molecule has 0 spiro atoms. The van der Waals surface area contributed by atoms with Crippen molar-refractivity contribution in [1.82, 2.24) is 0 Å². The second-order valence-corrected chi connectivity index (χ2v) is 4.63. The fourth-order valence-corrected chi connectivity index (χ4v) is 1.83. The number of hydrogen-bond acceptors (Lipinski definition) is 2. The van der Waals surface area contributed by atoms with Crippen LogP contribution in [0.5, 0.6) is 0 Å². The number of carbonyl (C=O) groups is 1. The van der Waals surface area contributed by atoms with Crippen molar-refractivity contribution in [2.45, 2.75) is 24.6 Å². The van der Waals surface area contributed by atoms with Crippen molar-refractivity contribution in [1.29, 1.82) is 0 Å². The maximum atomic E-state index is 12.4. The molecule has 20 heavy (non-hydrogen) atoms. The third kappa shape index (κ3) is 3.49. The predicted molar refractivity (Wildman–Crippen MR) is 66.7 cm³/mol. The molecule has 0 aliphatic heterocycles. The second kappa shape index (κ2) is 5.14. The molecule has 1 unspecified atom stereocenters. The van der Waals surface area contributed by atoms with E-state index in [9.17, 15) is 23.1 Å². The van der Waals surface area contributed by atoms with Crippen LogP contribution >= 0.6 is 0 Å². The van der Waals surface area contributed by atoms with Gasteiger partial charge in [0.15, 0.2) is 5.78 Å². The van der Waals surface area contributed by atoms with Crippen LogP contribution in [0.2, 0.25) is 0 Å². The fourth-order valence-electron chi connectivity index (χ4n) is 1.83. The van der Waals surface area contributed by atoms with E-state index in [4.69, 9.17) is 0 Å². The van der Waals surface area contributed by atoms with Crippen LogP contribution < -0.4 is 0 Å². The zero-order chi connectivity index (χ0) is 14.8. The molecule has 1 aliphatic carbocycles. The Morgan fingerprint density at radius 2 is 1.90 bits per heavy atom. The van der Waals surface area contributed by atoms with Gasteiger partial charge in [-0.25, -0.2) is 0 Å². The zero-order valence-electron chi connectivity index (χ0n) is 10.4. The maximum absolute atomic E-state index is 12.4. The Balaban J connectivity index is 2.03. The standard InChI is InChI=1S/C15H11F3O2/c16-15(17,18)12-5-3-11(4-6-12)2-1-8-14(20)9-7-13(19)10-14/h3-7,9,20H,8,10H2. The molecule has 1 aromatic rings. The lowest BCUT2D eigenvalue weighted by molar-refractivity contribution is -0.137. The number of carbonyl (C=O) groups excluding carboxylic acids is 1. The molecule has 2 nitrogen and oxygen atoms in total. The summed E-state index contributed by atoms with van der Waals surface area (Å²) in [6, 6.07) is 4.46. The van der Waals surface area contributed by atoms with Gasteiger partial charge in [0.25, 0.3) is 0 Å². The lowest BCUT2D eigenvalue weighted by Crippen LogP contribution is -2.23. The molecule has 104 valence electrons. The average Bonchev–Trinajstić information content (AvgIpc) is 2.69. The van der Waals surface area contributed by atoms with Crippen LogP contribution in [0.4, 0.5) is 13.2 Å². The first kappa shape index (κ1) is 14.4. The molecule has 0 bridgehead atoms. The number of hydrogen-bond donors (Lipinski definition) is 1. The number of allylic oxidation sites excluding steroid dienone is 1. The van der Waals surface area contributed by atoms with E-state index in [1.54, 1.807) is 0 Å². The van der Waals surface area contributed by atoms with Gasteiger partial charge in [-0.2, -0.15) is 13.2 Å². The first-order valence-electron chi connectivity index (χ1n) is 5.89. The number of rotatable bonds is 1. The number of halogens is 3. The third-order valence-corrected chi connectivity index (χ3v) is 2.90. The van der Waals surface area contributed by atoms with Crippen LogP contribution in [0.15, 0.2) is 36.4 Å². The molecule has 2 rings (SSSR count). The smallest absolute Gasteiger partial charge is 0.384 e. The van der Waals surface area contributed by atoms with Crippen molar-refractivity contribution >= 4 is 5.78 Å². The largest absolute Gasteiger partial charge is 0.416 e. The summed E-state index contributed by atoms with van der Waals surface area (Å²) in [4.78, 5) is 11.0. The molecule has 1 aliphatic rings. The molecular formula is C15H11F3O2. The number of ketones is 1. The number of alkyl halides is 3. The molecule has 0 fully saturated rings. The van der Waals surface area contributed by atoms with Crippen molar-refractivity contribution in [2.24, 2.45) is 0 Å². The van der Waals surface area contributed by atoms with Gasteiger partial charge in [-0.1, -0.05) is 11.8 Å². The highest BCUT2D eigenvalue weighted by molar-refractivity contribution is 5.93. The molecule has 5 heteroatoms. The van der Waals surface area contributed by atoms with E-state index in [0.29, 0.717) is 5.56 Å².